The highest BCUT2D eigenvalue weighted by Gasteiger charge is 2.37. The van der Waals surface area contributed by atoms with E-state index in [1.54, 1.807) is 0 Å². The fourth-order valence-corrected chi connectivity index (χ4v) is 5.72. The number of aromatic nitrogens is 2. The minimum Gasteiger partial charge on any atom is -0.361 e. The summed E-state index contributed by atoms with van der Waals surface area (Å²) in [5.41, 5.74) is 1.20. The van der Waals surface area contributed by atoms with Gasteiger partial charge in [0.2, 0.25) is 5.95 Å². The van der Waals surface area contributed by atoms with E-state index in [0.29, 0.717) is 6.04 Å². The zero-order valence-electron chi connectivity index (χ0n) is 19.1. The van der Waals surface area contributed by atoms with E-state index in [2.05, 4.69) is 65.7 Å². The average Bonchev–Trinajstić information content (AvgIpc) is 3.16. The van der Waals surface area contributed by atoms with E-state index in [0.717, 1.165) is 50.7 Å². The number of anilines is 2. The maximum absolute atomic E-state index is 4.83. The molecule has 6 nitrogen and oxygen atoms in total. The molecule has 0 amide bonds. The number of piperidine rings is 1. The van der Waals surface area contributed by atoms with Crippen molar-refractivity contribution in [2.24, 2.45) is 0 Å². The molecular weight excluding hydrogens is 487 g/mol. The molecule has 3 N–H and O–H groups in total. The lowest BCUT2D eigenvalue weighted by Gasteiger charge is -2.46. The molecule has 0 bridgehead atoms. The van der Waals surface area contributed by atoms with Crippen LogP contribution >= 0.6 is 46.1 Å². The summed E-state index contributed by atoms with van der Waals surface area (Å²) in [5, 5.41) is 12.1. The number of hydrogen-bond donors (Lipinski definition) is 3. The maximum Gasteiger partial charge on any atom is 0.223 e. The van der Waals surface area contributed by atoms with Crippen molar-refractivity contribution >= 4 is 57.1 Å². The predicted molar refractivity (Wildman–Crippen MR) is 140 cm³/mol. The Kier molecular flexibility index (Phi) is 8.92. The van der Waals surface area contributed by atoms with E-state index >= 15 is 0 Å². The van der Waals surface area contributed by atoms with E-state index in [1.165, 1.54) is 9.88 Å². The molecule has 2 aromatic rings. The number of nitrogens with one attached hydrogen (secondary N) is 3. The van der Waals surface area contributed by atoms with Gasteiger partial charge in [0.05, 0.1) is 15.6 Å². The van der Waals surface area contributed by atoms with Crippen LogP contribution in [0, 0.1) is 0 Å². The van der Waals surface area contributed by atoms with Crippen LogP contribution in [0.5, 0.6) is 0 Å². The largest absolute Gasteiger partial charge is 0.361 e. The predicted octanol–water partition coefficient (Wildman–Crippen LogP) is 5.32. The molecule has 0 saturated carbocycles. The zero-order valence-corrected chi connectivity index (χ0v) is 22.2. The van der Waals surface area contributed by atoms with Gasteiger partial charge in [-0.25, -0.2) is 9.97 Å². The molecule has 2 aromatic heterocycles. The van der Waals surface area contributed by atoms with Crippen molar-refractivity contribution in [3.8, 4) is 10.6 Å². The Hall–Kier alpha value is -0.830. The second-order valence-corrected chi connectivity index (χ2v) is 12.6. The van der Waals surface area contributed by atoms with Gasteiger partial charge in [0, 0.05) is 49.5 Å². The van der Waals surface area contributed by atoms with E-state index in [4.69, 9.17) is 39.8 Å². The third kappa shape index (κ3) is 7.89. The standard InChI is InChI=1S/C21H32N6S.CHCl3/c1-20(2)13-15(14-21(3,4)26-20)24-19-23-8-7-16(25-19)17-5-6-18(28-17)27-11-9-22-10-12-27;2-1(3)4/h5-8,15,22,26H,9-14H2,1-4H3,(H,23,24,25);1H. The summed E-state index contributed by atoms with van der Waals surface area (Å²) in [6.07, 6.45) is 3.97. The molecule has 2 aliphatic heterocycles. The SMILES string of the molecule is CC1(C)CC(Nc2nccc(-c3ccc(N4CCNCC4)s3)n2)CC(C)(C)N1.ClC(Cl)Cl. The van der Waals surface area contributed by atoms with Crippen molar-refractivity contribution in [2.75, 3.05) is 36.4 Å². The van der Waals surface area contributed by atoms with Crippen LogP contribution in [0.4, 0.5) is 10.9 Å². The summed E-state index contributed by atoms with van der Waals surface area (Å²) in [7, 11) is 0. The van der Waals surface area contributed by atoms with Crippen molar-refractivity contribution in [3.05, 3.63) is 24.4 Å². The Morgan fingerprint density at radius 3 is 2.31 bits per heavy atom. The van der Waals surface area contributed by atoms with Crippen LogP contribution in [0.25, 0.3) is 10.6 Å². The highest BCUT2D eigenvalue weighted by molar-refractivity contribution is 7.19. The second kappa shape index (κ2) is 11.1. The highest BCUT2D eigenvalue weighted by atomic mass is 35.6. The van der Waals surface area contributed by atoms with Crippen LogP contribution in [-0.2, 0) is 0 Å². The lowest BCUT2D eigenvalue weighted by molar-refractivity contribution is 0.170. The van der Waals surface area contributed by atoms with Gasteiger partial charge in [-0.05, 0) is 58.7 Å². The summed E-state index contributed by atoms with van der Waals surface area (Å²) in [6, 6.07) is 6.78. The summed E-state index contributed by atoms with van der Waals surface area (Å²) < 4.78 is -0.750. The van der Waals surface area contributed by atoms with Crippen molar-refractivity contribution < 1.29 is 0 Å². The van der Waals surface area contributed by atoms with E-state index in [-0.39, 0.29) is 11.1 Å². The quantitative estimate of drug-likeness (QED) is 0.475. The smallest absolute Gasteiger partial charge is 0.223 e. The number of rotatable bonds is 4. The summed E-state index contributed by atoms with van der Waals surface area (Å²) in [5.74, 6) is 0.730. The number of thiophene rings is 1. The molecule has 4 heterocycles. The van der Waals surface area contributed by atoms with Crippen molar-refractivity contribution in [2.45, 2.75) is 62.0 Å². The fraction of sp³-hybridized carbons (Fsp3) is 0.636. The minimum atomic E-state index is -0.750. The van der Waals surface area contributed by atoms with Crippen LogP contribution < -0.4 is 20.9 Å². The van der Waals surface area contributed by atoms with Gasteiger partial charge in [0.25, 0.3) is 0 Å². The number of nitrogens with zero attached hydrogens (tertiary/aromatic N) is 3. The Labute approximate surface area is 210 Å². The number of hydrogen-bond acceptors (Lipinski definition) is 7. The monoisotopic (exact) mass is 518 g/mol. The average molecular weight is 520 g/mol. The second-order valence-electron chi connectivity index (χ2n) is 9.53. The summed E-state index contributed by atoms with van der Waals surface area (Å²) in [4.78, 5) is 13.0. The van der Waals surface area contributed by atoms with Crippen LogP contribution in [0.3, 0.4) is 0 Å². The van der Waals surface area contributed by atoms with Gasteiger partial charge in [0.15, 0.2) is 4.30 Å². The van der Waals surface area contributed by atoms with Crippen LogP contribution in [0.2, 0.25) is 0 Å². The maximum atomic E-state index is 4.83. The van der Waals surface area contributed by atoms with E-state index in [1.807, 2.05) is 23.6 Å². The van der Waals surface area contributed by atoms with Gasteiger partial charge >= 0.3 is 0 Å². The van der Waals surface area contributed by atoms with Gasteiger partial charge in [-0.15, -0.1) is 11.3 Å². The number of halogens is 3. The molecular formula is C22H33Cl3N6S. The van der Waals surface area contributed by atoms with Crippen LogP contribution in [-0.4, -0.2) is 57.6 Å². The third-order valence-corrected chi connectivity index (χ3v) is 6.62. The molecule has 0 radical (unpaired) electrons. The van der Waals surface area contributed by atoms with Crippen LogP contribution in [0.15, 0.2) is 24.4 Å². The van der Waals surface area contributed by atoms with Gasteiger partial charge in [-0.1, -0.05) is 34.8 Å². The van der Waals surface area contributed by atoms with E-state index < -0.39 is 4.30 Å². The fourth-order valence-electron chi connectivity index (χ4n) is 4.69. The normalized spacial score (nSPS) is 20.6. The number of alkyl halides is 3. The first kappa shape index (κ1) is 25.8. The molecule has 0 aliphatic carbocycles. The molecule has 178 valence electrons. The molecule has 32 heavy (non-hydrogen) atoms. The zero-order chi connectivity index (χ0) is 23.4. The first-order valence-corrected chi connectivity index (χ1v) is 13.0. The first-order chi connectivity index (χ1) is 15.0. The Morgan fingerprint density at radius 2 is 1.69 bits per heavy atom. The molecule has 2 saturated heterocycles. The minimum absolute atomic E-state index is 0.100. The molecule has 2 fully saturated rings. The summed E-state index contributed by atoms with van der Waals surface area (Å²) in [6.45, 7) is 13.3. The number of piperazine rings is 1. The molecule has 0 atom stereocenters. The lowest BCUT2D eigenvalue weighted by atomic mass is 9.80. The van der Waals surface area contributed by atoms with Crippen molar-refractivity contribution in [1.29, 1.82) is 0 Å². The molecule has 2 aliphatic rings. The van der Waals surface area contributed by atoms with Gasteiger partial charge in [-0.2, -0.15) is 0 Å². The Bertz CT molecular complexity index is 848. The topological polar surface area (TPSA) is 65.1 Å². The lowest BCUT2D eigenvalue weighted by Crippen LogP contribution is -2.60. The van der Waals surface area contributed by atoms with Gasteiger partial charge < -0.3 is 20.9 Å². The highest BCUT2D eigenvalue weighted by Crippen LogP contribution is 2.34. The molecule has 0 aromatic carbocycles. The third-order valence-electron chi connectivity index (χ3n) is 5.45. The van der Waals surface area contributed by atoms with Crippen LogP contribution in [0.1, 0.15) is 40.5 Å². The van der Waals surface area contributed by atoms with Gasteiger partial charge in [-0.3, -0.25) is 0 Å². The molecule has 0 unspecified atom stereocenters. The first-order valence-electron chi connectivity index (χ1n) is 10.9. The Morgan fingerprint density at radius 1 is 1.06 bits per heavy atom. The van der Waals surface area contributed by atoms with Crippen molar-refractivity contribution in [3.63, 3.8) is 0 Å². The summed E-state index contributed by atoms with van der Waals surface area (Å²) >= 11 is 16.2. The van der Waals surface area contributed by atoms with Gasteiger partial charge in [0.1, 0.15) is 0 Å². The van der Waals surface area contributed by atoms with E-state index in [9.17, 15) is 0 Å². The molecule has 0 spiro atoms. The molecule has 4 rings (SSSR count). The Balaban J connectivity index is 0.000000668. The van der Waals surface area contributed by atoms with Crippen molar-refractivity contribution in [1.82, 2.24) is 20.6 Å². The molecule has 10 heteroatoms.